The van der Waals surface area contributed by atoms with Gasteiger partial charge in [-0.2, -0.15) is 0 Å². The van der Waals surface area contributed by atoms with E-state index in [-0.39, 0.29) is 18.3 Å². The van der Waals surface area contributed by atoms with Gasteiger partial charge in [0.05, 0.1) is 17.2 Å². The van der Waals surface area contributed by atoms with Crippen LogP contribution in [0.2, 0.25) is 5.02 Å². The Hall–Kier alpha value is -1.17. The maximum Gasteiger partial charge on any atom is 0.263 e. The van der Waals surface area contributed by atoms with Crippen molar-refractivity contribution in [1.82, 2.24) is 5.32 Å². The fourth-order valence-electron chi connectivity index (χ4n) is 1.59. The minimum atomic E-state index is -0.734. The van der Waals surface area contributed by atoms with Crippen molar-refractivity contribution in [2.75, 3.05) is 6.61 Å². The summed E-state index contributed by atoms with van der Waals surface area (Å²) in [6, 6.07) is 4.21. The zero-order valence-corrected chi connectivity index (χ0v) is 12.0. The second kappa shape index (κ2) is 5.07. The van der Waals surface area contributed by atoms with Crippen molar-refractivity contribution >= 4 is 38.9 Å². The van der Waals surface area contributed by atoms with Crippen LogP contribution in [-0.2, 0) is 0 Å². The van der Waals surface area contributed by atoms with Gasteiger partial charge >= 0.3 is 0 Å². The SMILES string of the molecule is CC(C)(CO)NC(=O)c1sc2cc(F)ccc2c1Cl. The quantitative estimate of drug-likeness (QED) is 0.914. The molecule has 0 bridgehead atoms. The number of nitrogens with one attached hydrogen (secondary N) is 1. The third-order valence-corrected chi connectivity index (χ3v) is 4.30. The summed E-state index contributed by atoms with van der Waals surface area (Å²) < 4.78 is 13.8. The van der Waals surface area contributed by atoms with E-state index in [9.17, 15) is 9.18 Å². The van der Waals surface area contributed by atoms with Gasteiger partial charge in [-0.05, 0) is 32.0 Å². The van der Waals surface area contributed by atoms with Gasteiger partial charge in [0, 0.05) is 10.1 Å². The molecule has 3 nitrogen and oxygen atoms in total. The minimum absolute atomic E-state index is 0.185. The first kappa shape index (κ1) is 14.2. The molecule has 0 fully saturated rings. The Balaban J connectivity index is 2.40. The minimum Gasteiger partial charge on any atom is -0.394 e. The van der Waals surface area contributed by atoms with Crippen LogP contribution in [0.15, 0.2) is 18.2 Å². The standard InChI is InChI=1S/C13H13ClFNO2S/c1-13(2,6-17)16-12(18)11-10(14)8-4-3-7(15)5-9(8)19-11/h3-5,17H,6H2,1-2H3,(H,16,18). The molecule has 0 spiro atoms. The molecule has 1 aromatic heterocycles. The maximum absolute atomic E-state index is 13.1. The molecule has 1 heterocycles. The summed E-state index contributed by atoms with van der Waals surface area (Å²) >= 11 is 7.27. The molecule has 6 heteroatoms. The molecule has 2 aromatic rings. The molecule has 0 aliphatic heterocycles. The predicted molar refractivity (Wildman–Crippen MR) is 75.4 cm³/mol. The number of hydrogen-bond acceptors (Lipinski definition) is 3. The molecule has 0 aliphatic carbocycles. The van der Waals surface area contributed by atoms with Crippen LogP contribution in [0, 0.1) is 5.82 Å². The molecule has 2 rings (SSSR count). The van der Waals surface area contributed by atoms with Crippen LogP contribution in [0.4, 0.5) is 4.39 Å². The number of rotatable bonds is 3. The Morgan fingerprint density at radius 2 is 2.21 bits per heavy atom. The van der Waals surface area contributed by atoms with E-state index in [1.165, 1.54) is 12.1 Å². The predicted octanol–water partition coefficient (Wildman–Crippen LogP) is 3.19. The highest BCUT2D eigenvalue weighted by molar-refractivity contribution is 7.21. The van der Waals surface area contributed by atoms with Gasteiger partial charge in [0.25, 0.3) is 5.91 Å². The molecule has 0 aliphatic rings. The smallest absolute Gasteiger partial charge is 0.263 e. The fraction of sp³-hybridized carbons (Fsp3) is 0.308. The lowest BCUT2D eigenvalue weighted by molar-refractivity contribution is 0.0874. The van der Waals surface area contributed by atoms with Crippen molar-refractivity contribution in [1.29, 1.82) is 0 Å². The molecular weight excluding hydrogens is 289 g/mol. The van der Waals surface area contributed by atoms with Crippen LogP contribution in [0.1, 0.15) is 23.5 Å². The van der Waals surface area contributed by atoms with E-state index in [1.54, 1.807) is 19.9 Å². The van der Waals surface area contributed by atoms with Gasteiger partial charge in [0.2, 0.25) is 0 Å². The zero-order chi connectivity index (χ0) is 14.2. The van der Waals surface area contributed by atoms with E-state index < -0.39 is 5.54 Å². The molecule has 0 atom stereocenters. The van der Waals surface area contributed by atoms with Gasteiger partial charge in [0.1, 0.15) is 10.7 Å². The van der Waals surface area contributed by atoms with Crippen molar-refractivity contribution in [3.8, 4) is 0 Å². The topological polar surface area (TPSA) is 49.3 Å². The molecule has 0 saturated heterocycles. The molecule has 1 aromatic carbocycles. The highest BCUT2D eigenvalue weighted by atomic mass is 35.5. The number of benzene rings is 1. The van der Waals surface area contributed by atoms with E-state index in [0.717, 1.165) is 11.3 Å². The molecular formula is C13H13ClFNO2S. The lowest BCUT2D eigenvalue weighted by atomic mass is 10.1. The van der Waals surface area contributed by atoms with Crippen molar-refractivity contribution in [2.45, 2.75) is 19.4 Å². The third-order valence-electron chi connectivity index (χ3n) is 2.64. The normalized spacial score (nSPS) is 11.8. The molecule has 0 radical (unpaired) electrons. The van der Waals surface area contributed by atoms with Crippen molar-refractivity contribution < 1.29 is 14.3 Å². The second-order valence-corrected chi connectivity index (χ2v) is 6.31. The number of hydrogen-bond donors (Lipinski definition) is 2. The third kappa shape index (κ3) is 2.88. The van der Waals surface area contributed by atoms with E-state index in [0.29, 0.717) is 20.0 Å². The van der Waals surface area contributed by atoms with Crippen LogP contribution < -0.4 is 5.32 Å². The summed E-state index contributed by atoms with van der Waals surface area (Å²) in [5.41, 5.74) is -0.734. The van der Waals surface area contributed by atoms with Crippen LogP contribution in [0.3, 0.4) is 0 Å². The van der Waals surface area contributed by atoms with E-state index in [4.69, 9.17) is 16.7 Å². The van der Waals surface area contributed by atoms with Crippen LogP contribution in [0.5, 0.6) is 0 Å². The Kier molecular flexibility index (Phi) is 3.80. The largest absolute Gasteiger partial charge is 0.394 e. The highest BCUT2D eigenvalue weighted by Gasteiger charge is 2.24. The first-order valence-corrected chi connectivity index (χ1v) is 6.84. The summed E-state index contributed by atoms with van der Waals surface area (Å²) in [7, 11) is 0. The summed E-state index contributed by atoms with van der Waals surface area (Å²) in [6.07, 6.45) is 0. The lowest BCUT2D eigenvalue weighted by Gasteiger charge is -2.23. The Labute approximate surface area is 119 Å². The van der Waals surface area contributed by atoms with Crippen LogP contribution in [-0.4, -0.2) is 23.2 Å². The first-order valence-electron chi connectivity index (χ1n) is 5.65. The average molecular weight is 302 g/mol. The first-order chi connectivity index (χ1) is 8.84. The number of fused-ring (bicyclic) bond motifs is 1. The monoisotopic (exact) mass is 301 g/mol. The number of amides is 1. The number of halogens is 2. The summed E-state index contributed by atoms with van der Waals surface area (Å²) in [5.74, 6) is -0.737. The average Bonchev–Trinajstić information content (AvgIpc) is 2.66. The molecule has 102 valence electrons. The number of thiophene rings is 1. The van der Waals surface area contributed by atoms with Crippen molar-refractivity contribution in [2.24, 2.45) is 0 Å². The van der Waals surface area contributed by atoms with Crippen LogP contribution in [0.25, 0.3) is 10.1 Å². The fourth-order valence-corrected chi connectivity index (χ4v) is 3.03. The summed E-state index contributed by atoms with van der Waals surface area (Å²) in [6.45, 7) is 3.22. The number of aliphatic hydroxyl groups is 1. The molecule has 0 saturated carbocycles. The summed E-state index contributed by atoms with van der Waals surface area (Å²) in [4.78, 5) is 12.4. The van der Waals surface area contributed by atoms with Gasteiger partial charge in [-0.3, -0.25) is 4.79 Å². The van der Waals surface area contributed by atoms with E-state index in [2.05, 4.69) is 5.32 Å². The molecule has 0 unspecified atom stereocenters. The molecule has 2 N–H and O–H groups in total. The molecule has 1 amide bonds. The van der Waals surface area contributed by atoms with Gasteiger partial charge in [-0.15, -0.1) is 11.3 Å². The molecule has 19 heavy (non-hydrogen) atoms. The zero-order valence-electron chi connectivity index (χ0n) is 10.5. The van der Waals surface area contributed by atoms with E-state index in [1.807, 2.05) is 0 Å². The Bertz CT molecular complexity index is 639. The number of carbonyl (C=O) groups is 1. The van der Waals surface area contributed by atoms with Gasteiger partial charge < -0.3 is 10.4 Å². The summed E-state index contributed by atoms with van der Waals surface area (Å²) in [5, 5.41) is 12.8. The highest BCUT2D eigenvalue weighted by Crippen LogP contribution is 2.35. The second-order valence-electron chi connectivity index (χ2n) is 4.88. The lowest BCUT2D eigenvalue weighted by Crippen LogP contribution is -2.46. The van der Waals surface area contributed by atoms with E-state index >= 15 is 0 Å². The number of carbonyl (C=O) groups excluding carboxylic acids is 1. The van der Waals surface area contributed by atoms with Crippen molar-refractivity contribution in [3.63, 3.8) is 0 Å². The van der Waals surface area contributed by atoms with Crippen LogP contribution >= 0.6 is 22.9 Å². The Morgan fingerprint density at radius 1 is 1.53 bits per heavy atom. The Morgan fingerprint density at radius 3 is 2.84 bits per heavy atom. The maximum atomic E-state index is 13.1. The van der Waals surface area contributed by atoms with Gasteiger partial charge in [-0.25, -0.2) is 4.39 Å². The van der Waals surface area contributed by atoms with Gasteiger partial charge in [0.15, 0.2) is 0 Å². The van der Waals surface area contributed by atoms with Gasteiger partial charge in [-0.1, -0.05) is 11.6 Å². The van der Waals surface area contributed by atoms with Crippen molar-refractivity contribution in [3.05, 3.63) is 33.9 Å². The number of aliphatic hydroxyl groups excluding tert-OH is 1.